The van der Waals surface area contributed by atoms with Crippen molar-refractivity contribution in [3.8, 4) is 0 Å². The van der Waals surface area contributed by atoms with Crippen molar-refractivity contribution in [1.82, 2.24) is 5.32 Å². The molecule has 2 aromatic carbocycles. The summed E-state index contributed by atoms with van der Waals surface area (Å²) in [6.45, 7) is 0. The van der Waals surface area contributed by atoms with Crippen molar-refractivity contribution in [2.24, 2.45) is 0 Å². The molecule has 0 amide bonds. The highest BCUT2D eigenvalue weighted by molar-refractivity contribution is 9.10. The molecule has 1 unspecified atom stereocenters. The van der Waals surface area contributed by atoms with Gasteiger partial charge in [0.2, 0.25) is 0 Å². The summed E-state index contributed by atoms with van der Waals surface area (Å²) in [5, 5.41) is 2.77. The largest absolute Gasteiger partial charge is 0.313 e. The van der Waals surface area contributed by atoms with E-state index in [0.29, 0.717) is 22.2 Å². The standard InChI is InChI=1S/C15H12BrF4N/c1-21-14(5-8-4-9(17)2-3-11(8)16)15-12(19)6-10(18)7-13(15)20/h2-4,6-7,14,21H,5H2,1H3. The summed E-state index contributed by atoms with van der Waals surface area (Å²) in [6.07, 6.45) is 0.147. The van der Waals surface area contributed by atoms with Gasteiger partial charge in [-0.05, 0) is 37.2 Å². The van der Waals surface area contributed by atoms with Gasteiger partial charge >= 0.3 is 0 Å². The van der Waals surface area contributed by atoms with Crippen LogP contribution in [0.3, 0.4) is 0 Å². The molecule has 0 aliphatic heterocycles. The van der Waals surface area contributed by atoms with Gasteiger partial charge < -0.3 is 5.32 Å². The molecule has 112 valence electrons. The third-order valence-corrected chi connectivity index (χ3v) is 3.95. The van der Waals surface area contributed by atoms with Gasteiger partial charge in [0.25, 0.3) is 0 Å². The summed E-state index contributed by atoms with van der Waals surface area (Å²) in [7, 11) is 1.53. The highest BCUT2D eigenvalue weighted by atomic mass is 79.9. The maximum atomic E-state index is 13.8. The Bertz CT molecular complexity index is 637. The topological polar surface area (TPSA) is 12.0 Å². The maximum absolute atomic E-state index is 13.8. The summed E-state index contributed by atoms with van der Waals surface area (Å²) in [5.74, 6) is -3.36. The lowest BCUT2D eigenvalue weighted by molar-refractivity contribution is 0.474. The summed E-state index contributed by atoms with van der Waals surface area (Å²) < 4.78 is 54.5. The number of benzene rings is 2. The minimum atomic E-state index is -0.976. The summed E-state index contributed by atoms with van der Waals surface area (Å²) in [6, 6.07) is 4.60. The second-order valence-electron chi connectivity index (χ2n) is 4.56. The monoisotopic (exact) mass is 361 g/mol. The van der Waals surface area contributed by atoms with Gasteiger partial charge in [-0.25, -0.2) is 17.6 Å². The predicted molar refractivity (Wildman–Crippen MR) is 75.9 cm³/mol. The molecule has 0 fully saturated rings. The Morgan fingerprint density at radius 2 is 1.62 bits per heavy atom. The van der Waals surface area contributed by atoms with E-state index >= 15 is 0 Å². The Labute approximate surface area is 128 Å². The minimum absolute atomic E-state index is 0.147. The molecule has 21 heavy (non-hydrogen) atoms. The third kappa shape index (κ3) is 3.63. The molecular formula is C15H12BrF4N. The summed E-state index contributed by atoms with van der Waals surface area (Å²) in [4.78, 5) is 0. The maximum Gasteiger partial charge on any atom is 0.133 e. The first kappa shape index (κ1) is 16.0. The molecule has 1 N–H and O–H groups in total. The number of hydrogen-bond donors (Lipinski definition) is 1. The molecule has 0 aromatic heterocycles. The van der Waals surface area contributed by atoms with E-state index in [1.165, 1.54) is 25.2 Å². The zero-order valence-corrected chi connectivity index (χ0v) is 12.6. The lowest BCUT2D eigenvalue weighted by atomic mass is 9.98. The third-order valence-electron chi connectivity index (χ3n) is 3.17. The van der Waals surface area contributed by atoms with E-state index in [0.717, 1.165) is 0 Å². The van der Waals surface area contributed by atoms with Gasteiger partial charge in [-0.3, -0.25) is 0 Å². The average Bonchev–Trinajstić information content (AvgIpc) is 2.40. The Hall–Kier alpha value is -1.40. The van der Waals surface area contributed by atoms with Gasteiger partial charge in [-0.2, -0.15) is 0 Å². The van der Waals surface area contributed by atoms with Crippen molar-refractivity contribution in [2.75, 3.05) is 7.05 Å². The van der Waals surface area contributed by atoms with E-state index in [-0.39, 0.29) is 12.0 Å². The zero-order valence-electron chi connectivity index (χ0n) is 11.1. The molecule has 0 aliphatic rings. The van der Waals surface area contributed by atoms with Crippen LogP contribution in [0, 0.1) is 23.3 Å². The van der Waals surface area contributed by atoms with Crippen molar-refractivity contribution in [2.45, 2.75) is 12.5 Å². The normalized spacial score (nSPS) is 12.5. The fourth-order valence-corrected chi connectivity index (χ4v) is 2.56. The van der Waals surface area contributed by atoms with Gasteiger partial charge in [0, 0.05) is 28.2 Å². The van der Waals surface area contributed by atoms with E-state index in [1.54, 1.807) is 0 Å². The fourth-order valence-electron chi connectivity index (χ4n) is 2.15. The van der Waals surface area contributed by atoms with E-state index in [9.17, 15) is 17.6 Å². The van der Waals surface area contributed by atoms with Crippen LogP contribution in [0.5, 0.6) is 0 Å². The van der Waals surface area contributed by atoms with Crippen molar-refractivity contribution < 1.29 is 17.6 Å². The second kappa shape index (κ2) is 6.58. The van der Waals surface area contributed by atoms with E-state index in [2.05, 4.69) is 21.2 Å². The second-order valence-corrected chi connectivity index (χ2v) is 5.42. The minimum Gasteiger partial charge on any atom is -0.313 e. The fraction of sp³-hybridized carbons (Fsp3) is 0.200. The molecular weight excluding hydrogens is 350 g/mol. The Morgan fingerprint density at radius 1 is 1.00 bits per heavy atom. The van der Waals surface area contributed by atoms with Gasteiger partial charge in [0.1, 0.15) is 23.3 Å². The van der Waals surface area contributed by atoms with Crippen LogP contribution in [-0.2, 0) is 6.42 Å². The first-order chi connectivity index (χ1) is 9.92. The van der Waals surface area contributed by atoms with E-state index in [4.69, 9.17) is 0 Å². The molecule has 0 heterocycles. The van der Waals surface area contributed by atoms with Crippen molar-refractivity contribution in [3.63, 3.8) is 0 Å². The zero-order chi connectivity index (χ0) is 15.6. The van der Waals surface area contributed by atoms with Crippen LogP contribution in [0.25, 0.3) is 0 Å². The Balaban J connectivity index is 2.39. The van der Waals surface area contributed by atoms with E-state index < -0.39 is 29.3 Å². The van der Waals surface area contributed by atoms with E-state index in [1.807, 2.05) is 0 Å². The van der Waals surface area contributed by atoms with Crippen LogP contribution in [0.4, 0.5) is 17.6 Å². The molecule has 0 saturated heterocycles. The van der Waals surface area contributed by atoms with Crippen LogP contribution >= 0.6 is 15.9 Å². The van der Waals surface area contributed by atoms with Gasteiger partial charge in [0.15, 0.2) is 0 Å². The van der Waals surface area contributed by atoms with Crippen LogP contribution in [-0.4, -0.2) is 7.05 Å². The van der Waals surface area contributed by atoms with Gasteiger partial charge in [0.05, 0.1) is 0 Å². The predicted octanol–water partition coefficient (Wildman–Crippen LogP) is 4.51. The highest BCUT2D eigenvalue weighted by Gasteiger charge is 2.21. The Kier molecular flexibility index (Phi) is 5.00. The number of halogens is 5. The Morgan fingerprint density at radius 3 is 2.19 bits per heavy atom. The molecule has 2 aromatic rings. The number of rotatable bonds is 4. The first-order valence-electron chi connectivity index (χ1n) is 6.18. The molecule has 0 saturated carbocycles. The summed E-state index contributed by atoms with van der Waals surface area (Å²) >= 11 is 3.27. The molecule has 1 atom stereocenters. The smallest absolute Gasteiger partial charge is 0.133 e. The molecule has 1 nitrogen and oxygen atoms in total. The molecule has 6 heteroatoms. The molecule has 0 spiro atoms. The summed E-state index contributed by atoms with van der Waals surface area (Å²) in [5.41, 5.74) is 0.285. The van der Waals surface area contributed by atoms with Crippen molar-refractivity contribution in [3.05, 3.63) is 69.2 Å². The first-order valence-corrected chi connectivity index (χ1v) is 6.97. The number of likely N-dealkylation sites (N-methyl/N-ethyl adjacent to an activating group) is 1. The molecule has 2 rings (SSSR count). The molecule has 0 radical (unpaired) electrons. The van der Waals surface area contributed by atoms with Crippen LogP contribution in [0.1, 0.15) is 17.2 Å². The van der Waals surface area contributed by atoms with Crippen LogP contribution < -0.4 is 5.32 Å². The van der Waals surface area contributed by atoms with Crippen LogP contribution in [0.2, 0.25) is 0 Å². The lowest BCUT2D eigenvalue weighted by Gasteiger charge is -2.19. The van der Waals surface area contributed by atoms with Crippen LogP contribution in [0.15, 0.2) is 34.8 Å². The number of nitrogens with one attached hydrogen (secondary N) is 1. The van der Waals surface area contributed by atoms with Crippen molar-refractivity contribution >= 4 is 15.9 Å². The van der Waals surface area contributed by atoms with Crippen molar-refractivity contribution in [1.29, 1.82) is 0 Å². The SMILES string of the molecule is CNC(Cc1cc(F)ccc1Br)c1c(F)cc(F)cc1F. The lowest BCUT2D eigenvalue weighted by Crippen LogP contribution is -2.22. The van der Waals surface area contributed by atoms with Gasteiger partial charge in [-0.15, -0.1) is 0 Å². The van der Waals surface area contributed by atoms with Gasteiger partial charge in [-0.1, -0.05) is 15.9 Å². The highest BCUT2D eigenvalue weighted by Crippen LogP contribution is 2.28. The molecule has 0 aliphatic carbocycles. The number of hydrogen-bond acceptors (Lipinski definition) is 1. The molecule has 0 bridgehead atoms. The quantitative estimate of drug-likeness (QED) is 0.790. The average molecular weight is 362 g/mol.